The molecule has 0 nitrogen and oxygen atoms in total. The molecule has 0 radical (unpaired) electrons. The van der Waals surface area contributed by atoms with Gasteiger partial charge < -0.3 is 0 Å². The van der Waals surface area contributed by atoms with Gasteiger partial charge in [-0.25, -0.2) is 0 Å². The average Bonchev–Trinajstić information content (AvgIpc) is 2.50. The quantitative estimate of drug-likeness (QED) is 0.249. The molecule has 0 saturated heterocycles. The van der Waals surface area contributed by atoms with E-state index < -0.39 is 0 Å². The Bertz CT molecular complexity index is 189. The summed E-state index contributed by atoms with van der Waals surface area (Å²) >= 11 is 0. The van der Waals surface area contributed by atoms with Crippen molar-refractivity contribution in [2.45, 2.75) is 66.7 Å². The molecule has 0 aliphatic heterocycles. The first-order chi connectivity index (χ1) is 10.7. The van der Waals surface area contributed by atoms with Gasteiger partial charge in [0.05, 0.1) is 0 Å². The van der Waals surface area contributed by atoms with Crippen molar-refractivity contribution >= 4 is 23.8 Å². The number of hydrogen-bond donors (Lipinski definition) is 0. The first-order valence-corrected chi connectivity index (χ1v) is 15.6. The highest BCUT2D eigenvalue weighted by atomic mass is 31.1. The Kier molecular flexibility index (Phi) is 18.1. The van der Waals surface area contributed by atoms with E-state index in [1.54, 1.807) is 30.8 Å². The van der Waals surface area contributed by atoms with E-state index in [2.05, 4.69) is 34.6 Å². The minimum Gasteiger partial charge on any atom is -0.106 e. The summed E-state index contributed by atoms with van der Waals surface area (Å²) in [5, 5.41) is 0. The van der Waals surface area contributed by atoms with Crippen LogP contribution in [0.25, 0.3) is 0 Å². The Morgan fingerprint density at radius 2 is 0.500 bits per heavy atom. The fourth-order valence-corrected chi connectivity index (χ4v) is 12.9. The van der Waals surface area contributed by atoms with Gasteiger partial charge in [0.2, 0.25) is 0 Å². The Morgan fingerprint density at radius 3 is 0.682 bits per heavy atom. The van der Waals surface area contributed by atoms with Crippen LogP contribution < -0.4 is 0 Å². The van der Waals surface area contributed by atoms with Crippen molar-refractivity contribution in [3.05, 3.63) is 0 Å². The largest absolute Gasteiger partial charge is 0.106 e. The normalized spacial score (nSPS) is 12.0. The van der Waals surface area contributed by atoms with Crippen LogP contribution in [0.3, 0.4) is 0 Å². The molecule has 0 unspecified atom stereocenters. The van der Waals surface area contributed by atoms with E-state index in [9.17, 15) is 0 Å². The van der Waals surface area contributed by atoms with E-state index >= 15 is 0 Å². The maximum Gasteiger partial charge on any atom is -0.0286 e. The van der Waals surface area contributed by atoms with Crippen molar-refractivity contribution < 1.29 is 0 Å². The molecule has 134 valence electrons. The molecule has 0 atom stereocenters. The van der Waals surface area contributed by atoms with Crippen molar-refractivity contribution in [2.24, 2.45) is 0 Å². The van der Waals surface area contributed by atoms with Crippen molar-refractivity contribution in [3.8, 4) is 0 Å². The van der Waals surface area contributed by atoms with Gasteiger partial charge in [-0.3, -0.25) is 0 Å². The van der Waals surface area contributed by atoms with Gasteiger partial charge in [-0.05, 0) is 55.5 Å². The van der Waals surface area contributed by atoms with E-state index in [1.165, 1.54) is 56.8 Å². The summed E-state index contributed by atoms with van der Waals surface area (Å²) in [6.45, 7) is 11.9. The van der Waals surface area contributed by atoms with Crippen molar-refractivity contribution in [1.29, 1.82) is 0 Å². The lowest BCUT2D eigenvalue weighted by atomic mass is 10.6. The molecular formula is C19H43P3. The van der Waals surface area contributed by atoms with Crippen LogP contribution in [0.15, 0.2) is 0 Å². The first kappa shape index (κ1) is 23.3. The third-order valence-corrected chi connectivity index (χ3v) is 13.7. The van der Waals surface area contributed by atoms with Gasteiger partial charge >= 0.3 is 0 Å². The maximum absolute atomic E-state index is 2.40. The van der Waals surface area contributed by atoms with E-state index in [4.69, 9.17) is 0 Å². The predicted octanol–water partition coefficient (Wildman–Crippen LogP) is 7.48. The van der Waals surface area contributed by atoms with Gasteiger partial charge in [0.25, 0.3) is 0 Å². The molecule has 0 aliphatic rings. The predicted molar refractivity (Wildman–Crippen MR) is 116 cm³/mol. The molecular weight excluding hydrogens is 321 g/mol. The molecule has 0 rings (SSSR count). The SMILES string of the molecule is CCCP(CCC)CCP(CCC)CCP(CCC)CCC. The summed E-state index contributed by atoms with van der Waals surface area (Å²) in [6, 6.07) is 0. The molecule has 0 amide bonds. The number of rotatable bonds is 16. The van der Waals surface area contributed by atoms with Crippen LogP contribution in [0.1, 0.15) is 66.7 Å². The fourth-order valence-electron chi connectivity index (χ4n) is 3.15. The minimum absolute atomic E-state index is 0.364. The van der Waals surface area contributed by atoms with Crippen molar-refractivity contribution in [3.63, 3.8) is 0 Å². The zero-order valence-electron chi connectivity index (χ0n) is 16.2. The third-order valence-electron chi connectivity index (χ3n) is 4.16. The van der Waals surface area contributed by atoms with E-state index in [0.29, 0.717) is 23.8 Å². The number of hydrogen-bond acceptors (Lipinski definition) is 0. The van der Waals surface area contributed by atoms with Crippen LogP contribution in [0, 0.1) is 0 Å². The summed E-state index contributed by atoms with van der Waals surface area (Å²) in [4.78, 5) is 0. The van der Waals surface area contributed by atoms with Crippen LogP contribution in [-0.4, -0.2) is 55.5 Å². The second-order valence-corrected chi connectivity index (χ2v) is 14.6. The van der Waals surface area contributed by atoms with Crippen LogP contribution in [0.2, 0.25) is 0 Å². The molecule has 0 aliphatic carbocycles. The molecule has 0 saturated carbocycles. The molecule has 0 aromatic carbocycles. The van der Waals surface area contributed by atoms with Crippen LogP contribution in [0.5, 0.6) is 0 Å². The average molecular weight is 364 g/mol. The van der Waals surface area contributed by atoms with Crippen LogP contribution in [0.4, 0.5) is 0 Å². The Labute approximate surface area is 146 Å². The van der Waals surface area contributed by atoms with Gasteiger partial charge in [0.15, 0.2) is 0 Å². The van der Waals surface area contributed by atoms with E-state index in [0.717, 1.165) is 0 Å². The lowest BCUT2D eigenvalue weighted by Gasteiger charge is -2.24. The summed E-state index contributed by atoms with van der Waals surface area (Å²) in [5.41, 5.74) is 0. The van der Waals surface area contributed by atoms with Gasteiger partial charge in [-0.15, -0.1) is 23.8 Å². The second kappa shape index (κ2) is 17.1. The van der Waals surface area contributed by atoms with Crippen LogP contribution in [-0.2, 0) is 0 Å². The molecule has 0 aromatic rings. The molecule has 3 heteroatoms. The van der Waals surface area contributed by atoms with Gasteiger partial charge in [0, 0.05) is 0 Å². The van der Waals surface area contributed by atoms with Gasteiger partial charge in [-0.2, -0.15) is 0 Å². The van der Waals surface area contributed by atoms with Crippen molar-refractivity contribution in [2.75, 3.05) is 55.5 Å². The zero-order chi connectivity index (χ0) is 16.6. The molecule has 0 heterocycles. The lowest BCUT2D eigenvalue weighted by Crippen LogP contribution is -2.05. The Hall–Kier alpha value is 1.29. The summed E-state index contributed by atoms with van der Waals surface area (Å²) in [7, 11) is 1.12. The van der Waals surface area contributed by atoms with E-state index in [1.807, 2.05) is 0 Å². The Balaban J connectivity index is 4.21. The van der Waals surface area contributed by atoms with Gasteiger partial charge in [0.1, 0.15) is 0 Å². The minimum atomic E-state index is 0.364. The topological polar surface area (TPSA) is 0 Å². The summed E-state index contributed by atoms with van der Waals surface area (Å²) in [5.74, 6) is 0. The third kappa shape index (κ3) is 12.7. The van der Waals surface area contributed by atoms with E-state index in [-0.39, 0.29) is 0 Å². The second-order valence-electron chi connectivity index (χ2n) is 6.52. The maximum atomic E-state index is 2.40. The van der Waals surface area contributed by atoms with Crippen molar-refractivity contribution in [1.82, 2.24) is 0 Å². The molecule has 0 aromatic heterocycles. The Morgan fingerprint density at radius 1 is 0.318 bits per heavy atom. The summed E-state index contributed by atoms with van der Waals surface area (Å²) in [6.07, 6.45) is 21.2. The van der Waals surface area contributed by atoms with Gasteiger partial charge in [-0.1, -0.05) is 66.7 Å². The highest BCUT2D eigenvalue weighted by Crippen LogP contribution is 2.47. The molecule has 22 heavy (non-hydrogen) atoms. The fraction of sp³-hybridized carbons (Fsp3) is 1.00. The summed E-state index contributed by atoms with van der Waals surface area (Å²) < 4.78 is 0. The first-order valence-electron chi connectivity index (χ1n) is 9.88. The molecule has 0 fully saturated rings. The molecule has 0 N–H and O–H groups in total. The molecule has 0 bridgehead atoms. The standard InChI is InChI=1S/C19H43P3/c1-6-11-20(12-7-2)16-18-22(15-10-5)19-17-21(13-8-3)14-9-4/h6-19H2,1-5H3. The zero-order valence-corrected chi connectivity index (χ0v) is 18.9. The smallest absolute Gasteiger partial charge is 0.0286 e. The highest BCUT2D eigenvalue weighted by Gasteiger charge is 2.14. The van der Waals surface area contributed by atoms with Crippen LogP contribution >= 0.6 is 23.8 Å². The molecule has 0 spiro atoms. The lowest BCUT2D eigenvalue weighted by molar-refractivity contribution is 1.04. The monoisotopic (exact) mass is 364 g/mol. The highest BCUT2D eigenvalue weighted by molar-refractivity contribution is 7.63.